The number of rotatable bonds is 2. The summed E-state index contributed by atoms with van der Waals surface area (Å²) >= 11 is 3.49. The number of likely N-dealkylation sites (tertiary alicyclic amines) is 1. The second kappa shape index (κ2) is 7.77. The highest BCUT2D eigenvalue weighted by Crippen LogP contribution is 2.21. The van der Waals surface area contributed by atoms with Gasteiger partial charge in [-0.05, 0) is 37.1 Å². The first kappa shape index (κ1) is 17.7. The Morgan fingerprint density at radius 1 is 1.27 bits per heavy atom. The number of hydrogen-bond donors (Lipinski definition) is 1. The maximum atomic E-state index is 12.6. The third-order valence-electron chi connectivity index (χ3n) is 4.52. The van der Waals surface area contributed by atoms with Crippen molar-refractivity contribution >= 4 is 34.2 Å². The van der Waals surface area contributed by atoms with Crippen LogP contribution in [0.4, 0.5) is 0 Å². The zero-order chi connectivity index (χ0) is 14.8. The van der Waals surface area contributed by atoms with Crippen molar-refractivity contribution in [2.75, 3.05) is 39.3 Å². The van der Waals surface area contributed by atoms with Crippen molar-refractivity contribution in [2.45, 2.75) is 19.4 Å². The van der Waals surface area contributed by atoms with Gasteiger partial charge in [0.25, 0.3) is 5.91 Å². The van der Waals surface area contributed by atoms with Gasteiger partial charge >= 0.3 is 0 Å². The number of carbonyl (C=O) groups is 1. The molecule has 6 heteroatoms. The molecule has 22 heavy (non-hydrogen) atoms. The van der Waals surface area contributed by atoms with Crippen LogP contribution in [0.3, 0.4) is 0 Å². The summed E-state index contributed by atoms with van der Waals surface area (Å²) in [6, 6.07) is 6.39. The molecule has 0 radical (unpaired) electrons. The zero-order valence-corrected chi connectivity index (χ0v) is 15.3. The van der Waals surface area contributed by atoms with Gasteiger partial charge in [0.05, 0.1) is 0 Å². The standard InChI is InChI=1S/C16H22BrN3O.ClH/c1-12-10-13(2-3-15(12)17)16(21)20-7-4-14(11-20)19-8-5-18-6-9-19;/h2-3,10,14,18H,4-9,11H2,1H3;1H. The fourth-order valence-corrected chi connectivity index (χ4v) is 3.48. The minimum Gasteiger partial charge on any atom is -0.337 e. The van der Waals surface area contributed by atoms with Crippen LogP contribution in [-0.4, -0.2) is 61.0 Å². The molecule has 122 valence electrons. The predicted octanol–water partition coefficient (Wildman–Crippen LogP) is 2.30. The number of piperazine rings is 1. The first-order chi connectivity index (χ1) is 10.1. The normalized spacial score (nSPS) is 22.5. The van der Waals surface area contributed by atoms with Crippen LogP contribution in [-0.2, 0) is 0 Å². The van der Waals surface area contributed by atoms with E-state index in [1.54, 1.807) is 0 Å². The van der Waals surface area contributed by atoms with E-state index in [2.05, 4.69) is 26.1 Å². The third kappa shape index (κ3) is 3.82. The number of halogens is 2. The lowest BCUT2D eigenvalue weighted by Gasteiger charge is -2.32. The molecule has 2 fully saturated rings. The molecular formula is C16H23BrClN3O. The van der Waals surface area contributed by atoms with E-state index < -0.39 is 0 Å². The Kier molecular flexibility index (Phi) is 6.26. The van der Waals surface area contributed by atoms with Gasteiger partial charge in [0.1, 0.15) is 0 Å². The van der Waals surface area contributed by atoms with Crippen LogP contribution in [0.2, 0.25) is 0 Å². The zero-order valence-electron chi connectivity index (χ0n) is 12.8. The van der Waals surface area contributed by atoms with E-state index >= 15 is 0 Å². The summed E-state index contributed by atoms with van der Waals surface area (Å²) in [6.07, 6.45) is 1.10. The summed E-state index contributed by atoms with van der Waals surface area (Å²) < 4.78 is 1.05. The van der Waals surface area contributed by atoms with Gasteiger partial charge in [-0.1, -0.05) is 15.9 Å². The minimum absolute atomic E-state index is 0. The number of carbonyl (C=O) groups excluding carboxylic acids is 1. The van der Waals surface area contributed by atoms with Crippen molar-refractivity contribution in [1.29, 1.82) is 0 Å². The lowest BCUT2D eigenvalue weighted by molar-refractivity contribution is 0.0773. The number of hydrogen-bond acceptors (Lipinski definition) is 3. The van der Waals surface area contributed by atoms with Crippen LogP contribution >= 0.6 is 28.3 Å². The number of benzene rings is 1. The predicted molar refractivity (Wildman–Crippen MR) is 94.9 cm³/mol. The van der Waals surface area contributed by atoms with Crippen molar-refractivity contribution in [3.8, 4) is 0 Å². The van der Waals surface area contributed by atoms with E-state index in [9.17, 15) is 4.79 Å². The quantitative estimate of drug-likeness (QED) is 0.844. The summed E-state index contributed by atoms with van der Waals surface area (Å²) in [4.78, 5) is 17.2. The van der Waals surface area contributed by atoms with Gasteiger partial charge in [-0.15, -0.1) is 12.4 Å². The molecule has 4 nitrogen and oxygen atoms in total. The number of aryl methyl sites for hydroxylation is 1. The van der Waals surface area contributed by atoms with Gasteiger partial charge in [0.2, 0.25) is 0 Å². The molecule has 0 aliphatic carbocycles. The van der Waals surface area contributed by atoms with Gasteiger partial charge in [-0.2, -0.15) is 0 Å². The van der Waals surface area contributed by atoms with Gasteiger partial charge in [-0.3, -0.25) is 9.69 Å². The molecular weight excluding hydrogens is 366 g/mol. The molecule has 2 heterocycles. The van der Waals surface area contributed by atoms with Crippen LogP contribution in [0.5, 0.6) is 0 Å². The lowest BCUT2D eigenvalue weighted by atomic mass is 10.1. The highest BCUT2D eigenvalue weighted by molar-refractivity contribution is 9.10. The second-order valence-electron chi connectivity index (χ2n) is 5.94. The maximum absolute atomic E-state index is 12.6. The number of amides is 1. The Hall–Kier alpha value is -0.620. The topological polar surface area (TPSA) is 35.6 Å². The van der Waals surface area contributed by atoms with Crippen LogP contribution in [0.15, 0.2) is 22.7 Å². The maximum Gasteiger partial charge on any atom is 0.253 e. The number of nitrogens with one attached hydrogen (secondary N) is 1. The molecule has 1 N–H and O–H groups in total. The summed E-state index contributed by atoms with van der Waals surface area (Å²) in [5.41, 5.74) is 1.91. The average molecular weight is 389 g/mol. The van der Waals surface area contributed by atoms with Crippen LogP contribution in [0.1, 0.15) is 22.3 Å². The van der Waals surface area contributed by atoms with Crippen molar-refractivity contribution in [2.24, 2.45) is 0 Å². The van der Waals surface area contributed by atoms with Crippen LogP contribution < -0.4 is 5.32 Å². The van der Waals surface area contributed by atoms with E-state index in [4.69, 9.17) is 0 Å². The SMILES string of the molecule is Cc1cc(C(=O)N2CCC(N3CCNCC3)C2)ccc1Br.Cl. The van der Waals surface area contributed by atoms with Gasteiger partial charge in [0, 0.05) is 55.3 Å². The molecule has 0 spiro atoms. The highest BCUT2D eigenvalue weighted by atomic mass is 79.9. The Bertz CT molecular complexity index is 534. The monoisotopic (exact) mass is 387 g/mol. The molecule has 0 bridgehead atoms. The van der Waals surface area contributed by atoms with Crippen molar-refractivity contribution < 1.29 is 4.79 Å². The second-order valence-corrected chi connectivity index (χ2v) is 6.80. The van der Waals surface area contributed by atoms with Crippen LogP contribution in [0.25, 0.3) is 0 Å². The average Bonchev–Trinajstić information content (AvgIpc) is 3.00. The fraction of sp³-hybridized carbons (Fsp3) is 0.562. The Morgan fingerprint density at radius 2 is 2.00 bits per heavy atom. The first-order valence-electron chi connectivity index (χ1n) is 7.65. The molecule has 0 aromatic heterocycles. The van der Waals surface area contributed by atoms with E-state index in [-0.39, 0.29) is 18.3 Å². The van der Waals surface area contributed by atoms with Gasteiger partial charge < -0.3 is 10.2 Å². The highest BCUT2D eigenvalue weighted by Gasteiger charge is 2.31. The lowest BCUT2D eigenvalue weighted by Crippen LogP contribution is -2.49. The Balaban J connectivity index is 0.00000176. The van der Waals surface area contributed by atoms with E-state index in [0.717, 1.165) is 61.3 Å². The summed E-state index contributed by atoms with van der Waals surface area (Å²) in [6.45, 7) is 8.10. The number of nitrogens with zero attached hydrogens (tertiary/aromatic N) is 2. The van der Waals surface area contributed by atoms with E-state index in [1.807, 2.05) is 30.0 Å². The summed E-state index contributed by atoms with van der Waals surface area (Å²) in [5, 5.41) is 3.38. The smallest absolute Gasteiger partial charge is 0.253 e. The fourth-order valence-electron chi connectivity index (χ4n) is 3.23. The first-order valence-corrected chi connectivity index (χ1v) is 8.44. The van der Waals surface area contributed by atoms with Gasteiger partial charge in [0.15, 0.2) is 0 Å². The molecule has 1 amide bonds. The third-order valence-corrected chi connectivity index (χ3v) is 5.41. The van der Waals surface area contributed by atoms with Crippen molar-refractivity contribution in [3.63, 3.8) is 0 Å². The largest absolute Gasteiger partial charge is 0.337 e. The Morgan fingerprint density at radius 3 is 2.68 bits per heavy atom. The molecule has 1 aromatic rings. The van der Waals surface area contributed by atoms with Crippen LogP contribution in [0, 0.1) is 6.92 Å². The molecule has 1 aromatic carbocycles. The summed E-state index contributed by atoms with van der Waals surface area (Å²) in [5.74, 6) is 0.170. The molecule has 2 saturated heterocycles. The van der Waals surface area contributed by atoms with Crippen molar-refractivity contribution in [1.82, 2.24) is 15.1 Å². The molecule has 0 saturated carbocycles. The summed E-state index contributed by atoms with van der Waals surface area (Å²) in [7, 11) is 0. The van der Waals surface area contributed by atoms with Crippen molar-refractivity contribution in [3.05, 3.63) is 33.8 Å². The Labute approximate surface area is 146 Å². The molecule has 3 rings (SSSR count). The van der Waals surface area contributed by atoms with Gasteiger partial charge in [-0.25, -0.2) is 0 Å². The van der Waals surface area contributed by atoms with E-state index in [1.165, 1.54) is 0 Å². The minimum atomic E-state index is 0. The molecule has 1 unspecified atom stereocenters. The molecule has 2 aliphatic rings. The molecule has 2 aliphatic heterocycles. The van der Waals surface area contributed by atoms with E-state index in [0.29, 0.717) is 6.04 Å². The molecule has 1 atom stereocenters.